The van der Waals surface area contributed by atoms with Gasteiger partial charge in [0.2, 0.25) is 0 Å². The lowest BCUT2D eigenvalue weighted by Crippen LogP contribution is -2.07. The molecule has 0 aliphatic rings. The van der Waals surface area contributed by atoms with Gasteiger partial charge in [-0.1, -0.05) is 0 Å². The van der Waals surface area contributed by atoms with Crippen LogP contribution in [-0.4, -0.2) is 34.8 Å². The van der Waals surface area contributed by atoms with Crippen LogP contribution in [0.5, 0.6) is 0 Å². The summed E-state index contributed by atoms with van der Waals surface area (Å²) < 4.78 is 41.3. The van der Waals surface area contributed by atoms with E-state index >= 15 is 0 Å². The molecule has 0 spiro atoms. The summed E-state index contributed by atoms with van der Waals surface area (Å²) in [6.45, 7) is 1.62. The SMILES string of the molecule is Cc1cc(C(F)(F)F)nc2sc3c(ncn4nc(-c5ccn[nH]5)nc34)c12. The maximum absolute atomic E-state index is 13.1. The van der Waals surface area contributed by atoms with Gasteiger partial charge in [0, 0.05) is 11.6 Å². The summed E-state index contributed by atoms with van der Waals surface area (Å²) >= 11 is 1.12. The van der Waals surface area contributed by atoms with Crippen molar-refractivity contribution in [1.82, 2.24) is 34.8 Å². The first-order valence-electron chi connectivity index (χ1n) is 7.44. The van der Waals surface area contributed by atoms with Crippen LogP contribution in [0.3, 0.4) is 0 Å². The summed E-state index contributed by atoms with van der Waals surface area (Å²) in [5.41, 5.74) is 1.27. The molecule has 0 aliphatic carbocycles. The van der Waals surface area contributed by atoms with E-state index < -0.39 is 11.9 Å². The first-order chi connectivity index (χ1) is 12.4. The Hall–Kier alpha value is -3.08. The van der Waals surface area contributed by atoms with E-state index in [4.69, 9.17) is 0 Å². The van der Waals surface area contributed by atoms with Gasteiger partial charge in [0.25, 0.3) is 0 Å². The molecule has 0 amide bonds. The topological polar surface area (TPSA) is 84.6 Å². The first kappa shape index (κ1) is 15.2. The number of aromatic amines is 1. The first-order valence-corrected chi connectivity index (χ1v) is 8.25. The predicted octanol–water partition coefficient (Wildman–Crippen LogP) is 3.60. The molecular weight excluding hydrogens is 367 g/mol. The highest BCUT2D eigenvalue weighted by Crippen LogP contribution is 2.38. The lowest BCUT2D eigenvalue weighted by molar-refractivity contribution is -0.141. The molecule has 5 aromatic rings. The molecule has 7 nitrogen and oxygen atoms in total. The molecule has 11 heteroatoms. The molecule has 26 heavy (non-hydrogen) atoms. The van der Waals surface area contributed by atoms with Crippen LogP contribution in [0.15, 0.2) is 24.7 Å². The molecule has 0 saturated carbocycles. The van der Waals surface area contributed by atoms with Crippen LogP contribution in [0.1, 0.15) is 11.3 Å². The molecular formula is C15H8F3N7S. The smallest absolute Gasteiger partial charge is 0.275 e. The van der Waals surface area contributed by atoms with E-state index in [0.29, 0.717) is 38.3 Å². The maximum Gasteiger partial charge on any atom is 0.433 e. The van der Waals surface area contributed by atoms with Gasteiger partial charge in [-0.05, 0) is 24.6 Å². The van der Waals surface area contributed by atoms with Gasteiger partial charge in [-0.2, -0.15) is 18.3 Å². The third-order valence-electron chi connectivity index (χ3n) is 4.00. The molecule has 1 N–H and O–H groups in total. The van der Waals surface area contributed by atoms with Crippen LogP contribution in [0.25, 0.3) is 37.6 Å². The van der Waals surface area contributed by atoms with Crippen molar-refractivity contribution < 1.29 is 13.2 Å². The van der Waals surface area contributed by atoms with Crippen LogP contribution < -0.4 is 0 Å². The summed E-state index contributed by atoms with van der Waals surface area (Å²) in [7, 11) is 0. The number of nitrogens with zero attached hydrogens (tertiary/aromatic N) is 6. The highest BCUT2D eigenvalue weighted by atomic mass is 32.1. The molecule has 0 unspecified atom stereocenters. The van der Waals surface area contributed by atoms with E-state index in [9.17, 15) is 13.2 Å². The molecule has 0 aliphatic heterocycles. The van der Waals surface area contributed by atoms with Crippen molar-refractivity contribution in [2.24, 2.45) is 0 Å². The van der Waals surface area contributed by atoms with Crippen LogP contribution in [0, 0.1) is 6.92 Å². The molecule has 0 saturated heterocycles. The van der Waals surface area contributed by atoms with E-state index in [0.717, 1.165) is 17.4 Å². The van der Waals surface area contributed by atoms with Crippen molar-refractivity contribution in [1.29, 1.82) is 0 Å². The number of pyridine rings is 1. The third kappa shape index (κ3) is 2.10. The Balaban J connectivity index is 1.84. The quantitative estimate of drug-likeness (QED) is 0.484. The fraction of sp³-hybridized carbons (Fsp3) is 0.133. The van der Waals surface area contributed by atoms with Gasteiger partial charge in [0.15, 0.2) is 11.5 Å². The number of hydrogen-bond donors (Lipinski definition) is 1. The van der Waals surface area contributed by atoms with Gasteiger partial charge in [-0.3, -0.25) is 5.10 Å². The van der Waals surface area contributed by atoms with Gasteiger partial charge in [-0.15, -0.1) is 16.4 Å². The maximum atomic E-state index is 13.1. The van der Waals surface area contributed by atoms with Crippen LogP contribution in [0.2, 0.25) is 0 Å². The van der Waals surface area contributed by atoms with Crippen molar-refractivity contribution in [3.05, 3.63) is 35.9 Å². The minimum atomic E-state index is -4.50. The third-order valence-corrected chi connectivity index (χ3v) is 5.07. The van der Waals surface area contributed by atoms with Crippen LogP contribution in [0.4, 0.5) is 13.2 Å². The highest BCUT2D eigenvalue weighted by Gasteiger charge is 2.33. The predicted molar refractivity (Wildman–Crippen MR) is 88.8 cm³/mol. The fourth-order valence-corrected chi connectivity index (χ4v) is 4.03. The zero-order chi connectivity index (χ0) is 18.1. The minimum Gasteiger partial charge on any atom is -0.275 e. The molecule has 0 bridgehead atoms. The molecule has 0 fully saturated rings. The molecule has 130 valence electrons. The summed E-state index contributed by atoms with van der Waals surface area (Å²) in [5.74, 6) is 0.426. The molecule has 5 rings (SSSR count). The number of nitrogens with one attached hydrogen (secondary N) is 1. The van der Waals surface area contributed by atoms with E-state index in [1.165, 1.54) is 10.8 Å². The van der Waals surface area contributed by atoms with Gasteiger partial charge in [0.1, 0.15) is 27.2 Å². The summed E-state index contributed by atoms with van der Waals surface area (Å²) in [6.07, 6.45) is -1.42. The van der Waals surface area contributed by atoms with Crippen molar-refractivity contribution in [2.75, 3.05) is 0 Å². The van der Waals surface area contributed by atoms with Crippen LogP contribution in [-0.2, 0) is 6.18 Å². The molecule has 0 atom stereocenters. The monoisotopic (exact) mass is 375 g/mol. The minimum absolute atomic E-state index is 0.277. The van der Waals surface area contributed by atoms with Crippen molar-refractivity contribution in [2.45, 2.75) is 13.1 Å². The standard InChI is InChI=1S/C15H8F3N7S/c1-6-4-8(15(16,17)18)21-14-9(6)10-11(26-14)13-22-12(7-2-3-20-23-7)24-25(13)5-19-10/h2-5H,1H3,(H,20,23). The van der Waals surface area contributed by atoms with Gasteiger partial charge >= 0.3 is 6.18 Å². The number of rotatable bonds is 1. The number of fused-ring (bicyclic) bond motifs is 5. The second-order valence-electron chi connectivity index (χ2n) is 5.70. The van der Waals surface area contributed by atoms with Crippen molar-refractivity contribution >= 4 is 37.4 Å². The molecule has 5 aromatic heterocycles. The Kier molecular flexibility index (Phi) is 2.91. The van der Waals surface area contributed by atoms with Gasteiger partial charge < -0.3 is 0 Å². The summed E-state index contributed by atoms with van der Waals surface area (Å²) in [5, 5.41) is 11.6. The number of thiophene rings is 1. The fourth-order valence-electron chi connectivity index (χ4n) is 2.85. The van der Waals surface area contributed by atoms with E-state index in [2.05, 4.69) is 30.2 Å². The Morgan fingerprint density at radius 3 is 2.81 bits per heavy atom. The van der Waals surface area contributed by atoms with Crippen LogP contribution >= 0.6 is 11.3 Å². The van der Waals surface area contributed by atoms with E-state index in [1.807, 2.05) is 0 Å². The van der Waals surface area contributed by atoms with Gasteiger partial charge in [0.05, 0.1) is 5.52 Å². The lowest BCUT2D eigenvalue weighted by atomic mass is 10.1. The number of alkyl halides is 3. The number of aryl methyl sites for hydroxylation is 1. The van der Waals surface area contributed by atoms with Gasteiger partial charge in [-0.25, -0.2) is 19.5 Å². The number of H-pyrrole nitrogens is 1. The normalized spacial score (nSPS) is 12.6. The zero-order valence-electron chi connectivity index (χ0n) is 13.0. The zero-order valence-corrected chi connectivity index (χ0v) is 13.9. The second-order valence-corrected chi connectivity index (χ2v) is 6.70. The summed E-state index contributed by atoms with van der Waals surface area (Å²) in [6, 6.07) is 2.77. The Morgan fingerprint density at radius 1 is 1.23 bits per heavy atom. The number of halogens is 3. The van der Waals surface area contributed by atoms with E-state index in [1.54, 1.807) is 19.2 Å². The largest absolute Gasteiger partial charge is 0.433 e. The molecule has 0 aromatic carbocycles. The molecule has 0 radical (unpaired) electrons. The average Bonchev–Trinajstić information content (AvgIpc) is 3.30. The number of aromatic nitrogens is 7. The average molecular weight is 375 g/mol. The lowest BCUT2D eigenvalue weighted by Gasteiger charge is -2.06. The Labute approximate surface area is 146 Å². The Bertz CT molecular complexity index is 1280. The second kappa shape index (κ2) is 4.97. The highest BCUT2D eigenvalue weighted by molar-refractivity contribution is 7.26. The van der Waals surface area contributed by atoms with Crippen molar-refractivity contribution in [3.63, 3.8) is 0 Å². The van der Waals surface area contributed by atoms with E-state index in [-0.39, 0.29) is 4.83 Å². The van der Waals surface area contributed by atoms with Crippen molar-refractivity contribution in [3.8, 4) is 11.5 Å². The summed E-state index contributed by atoms with van der Waals surface area (Å²) in [4.78, 5) is 12.9. The molecule has 5 heterocycles. The Morgan fingerprint density at radius 2 is 2.08 bits per heavy atom. The number of hydrogen-bond acceptors (Lipinski definition) is 6.